The lowest BCUT2D eigenvalue weighted by atomic mass is 9.95. The molecule has 3 N–H and O–H groups in total. The van der Waals surface area contributed by atoms with E-state index in [-0.39, 0.29) is 23.7 Å². The van der Waals surface area contributed by atoms with Crippen LogP contribution >= 0.6 is 0 Å². The van der Waals surface area contributed by atoms with Crippen LogP contribution in [0.2, 0.25) is 0 Å². The lowest BCUT2D eigenvalue weighted by molar-refractivity contribution is 0.00951. The number of likely N-dealkylation sites (tertiary alicyclic amines) is 1. The second kappa shape index (κ2) is 7.92. The number of nitrogens with two attached hydrogens (primary N) is 1. The molecule has 8 nitrogen and oxygen atoms in total. The van der Waals surface area contributed by atoms with Crippen molar-refractivity contribution in [2.24, 2.45) is 0 Å². The zero-order chi connectivity index (χ0) is 20.3. The molecule has 1 fully saturated rings. The van der Waals surface area contributed by atoms with Crippen molar-refractivity contribution in [1.82, 2.24) is 14.9 Å². The number of hydrogen-bond acceptors (Lipinski definition) is 6. The number of aromatic amines is 1. The maximum Gasteiger partial charge on any atom is 0.410 e. The Kier molecular flexibility index (Phi) is 5.58. The van der Waals surface area contributed by atoms with Gasteiger partial charge in [-0.05, 0) is 57.7 Å². The lowest BCUT2D eigenvalue weighted by Crippen LogP contribution is -2.41. The number of carbonyl (C=O) groups is 1. The van der Waals surface area contributed by atoms with E-state index >= 15 is 0 Å². The van der Waals surface area contributed by atoms with E-state index in [1.165, 1.54) is 6.33 Å². The van der Waals surface area contributed by atoms with Crippen LogP contribution in [0.15, 0.2) is 35.4 Å². The molecule has 1 aromatic carbocycles. The van der Waals surface area contributed by atoms with Gasteiger partial charge in [0.05, 0.1) is 12.4 Å². The lowest BCUT2D eigenvalue weighted by Gasteiger charge is -2.37. The number of nitrogen functional groups attached to an aromatic ring is 1. The Morgan fingerprint density at radius 3 is 2.64 bits per heavy atom. The highest BCUT2D eigenvalue weighted by atomic mass is 16.6. The number of hydrogen-bond donors (Lipinski definition) is 2. The van der Waals surface area contributed by atoms with Gasteiger partial charge in [0.1, 0.15) is 11.4 Å². The predicted molar refractivity (Wildman–Crippen MR) is 105 cm³/mol. The summed E-state index contributed by atoms with van der Waals surface area (Å²) in [6, 6.07) is 7.33. The van der Waals surface area contributed by atoms with Crippen LogP contribution in [0.1, 0.15) is 51.6 Å². The zero-order valence-electron chi connectivity index (χ0n) is 16.4. The minimum absolute atomic E-state index is 0.0413. The first kappa shape index (κ1) is 19.7. The van der Waals surface area contributed by atoms with Gasteiger partial charge < -0.3 is 25.1 Å². The Hall–Kier alpha value is -3.03. The van der Waals surface area contributed by atoms with E-state index in [2.05, 4.69) is 9.97 Å². The quantitative estimate of drug-likeness (QED) is 0.834. The van der Waals surface area contributed by atoms with E-state index in [1.54, 1.807) is 17.0 Å². The van der Waals surface area contributed by atoms with Crippen LogP contribution < -0.4 is 16.0 Å². The first-order chi connectivity index (χ1) is 13.2. The molecular formula is C20H26N4O4. The van der Waals surface area contributed by atoms with E-state index < -0.39 is 11.2 Å². The van der Waals surface area contributed by atoms with Crippen LogP contribution in [0, 0.1) is 0 Å². The van der Waals surface area contributed by atoms with Gasteiger partial charge in [0.25, 0.3) is 5.56 Å². The summed E-state index contributed by atoms with van der Waals surface area (Å²) in [7, 11) is 0. The number of carbonyl (C=O) groups excluding carboxylic acids is 1. The normalized spacial score (nSPS) is 17.2. The maximum atomic E-state index is 12.6. The number of benzene rings is 1. The number of nitrogens with zero attached hydrogens (tertiary/aromatic N) is 2. The molecule has 0 spiro atoms. The van der Waals surface area contributed by atoms with E-state index in [0.717, 1.165) is 24.8 Å². The van der Waals surface area contributed by atoms with Crippen LogP contribution in [-0.4, -0.2) is 33.1 Å². The molecule has 8 heteroatoms. The average molecular weight is 386 g/mol. The molecule has 0 radical (unpaired) electrons. The summed E-state index contributed by atoms with van der Waals surface area (Å²) in [6.45, 7) is 6.27. The molecule has 1 aliphatic heterocycles. The van der Waals surface area contributed by atoms with Crippen LogP contribution in [0.5, 0.6) is 11.6 Å². The van der Waals surface area contributed by atoms with Crippen molar-refractivity contribution in [1.29, 1.82) is 0 Å². The van der Waals surface area contributed by atoms with Crippen molar-refractivity contribution in [3.63, 3.8) is 0 Å². The van der Waals surface area contributed by atoms with Crippen molar-refractivity contribution in [3.8, 4) is 11.6 Å². The van der Waals surface area contributed by atoms with Crippen LogP contribution in [0.25, 0.3) is 0 Å². The minimum atomic E-state index is -0.531. The molecule has 1 amide bonds. The van der Waals surface area contributed by atoms with Crippen molar-refractivity contribution in [2.45, 2.75) is 51.7 Å². The Labute approximate surface area is 163 Å². The summed E-state index contributed by atoms with van der Waals surface area (Å²) in [6.07, 6.45) is 3.84. The molecule has 1 aromatic heterocycles. The summed E-state index contributed by atoms with van der Waals surface area (Å²) < 4.78 is 11.2. The molecule has 0 bridgehead atoms. The van der Waals surface area contributed by atoms with Gasteiger partial charge in [0.2, 0.25) is 5.88 Å². The number of piperidine rings is 1. The molecule has 28 heavy (non-hydrogen) atoms. The Balaban J connectivity index is 1.76. The van der Waals surface area contributed by atoms with Crippen molar-refractivity contribution in [3.05, 3.63) is 46.5 Å². The van der Waals surface area contributed by atoms with Gasteiger partial charge in [-0.2, -0.15) is 0 Å². The molecule has 0 saturated carbocycles. The highest BCUT2D eigenvalue weighted by molar-refractivity contribution is 5.69. The third-order valence-electron chi connectivity index (χ3n) is 4.46. The smallest absolute Gasteiger partial charge is 0.410 e. The molecule has 3 rings (SSSR count). The molecule has 1 atom stereocenters. The Bertz CT molecular complexity index is 886. The van der Waals surface area contributed by atoms with Crippen molar-refractivity contribution >= 4 is 11.8 Å². The van der Waals surface area contributed by atoms with E-state index in [1.807, 2.05) is 32.9 Å². The van der Waals surface area contributed by atoms with Gasteiger partial charge in [-0.15, -0.1) is 0 Å². The number of H-pyrrole nitrogens is 1. The molecule has 2 aromatic rings. The molecule has 2 heterocycles. The standard InChI is InChI=1S/C20H26N4O4/c1-20(2,3)28-19(26)24-11-5-4-6-15(24)13-7-9-14(10-8-13)27-18-16(21)17(25)22-12-23-18/h7-10,12,15H,4-6,11,21H2,1-3H3,(H,22,23,25). The molecule has 1 unspecified atom stereocenters. The fraction of sp³-hybridized carbons (Fsp3) is 0.450. The summed E-state index contributed by atoms with van der Waals surface area (Å²) in [5.41, 5.74) is 5.64. The number of rotatable bonds is 3. The van der Waals surface area contributed by atoms with Gasteiger partial charge in [0.15, 0.2) is 5.69 Å². The average Bonchev–Trinajstić information content (AvgIpc) is 2.65. The van der Waals surface area contributed by atoms with Gasteiger partial charge in [-0.25, -0.2) is 9.78 Å². The third-order valence-corrected chi connectivity index (χ3v) is 4.46. The molecule has 1 aliphatic rings. The number of nitrogens with one attached hydrogen (secondary N) is 1. The number of amides is 1. The highest BCUT2D eigenvalue weighted by Crippen LogP contribution is 2.33. The van der Waals surface area contributed by atoms with Crippen molar-refractivity contribution in [2.75, 3.05) is 12.3 Å². The van der Waals surface area contributed by atoms with Crippen LogP contribution in [-0.2, 0) is 4.74 Å². The van der Waals surface area contributed by atoms with E-state index in [0.29, 0.717) is 12.3 Å². The van der Waals surface area contributed by atoms with Gasteiger partial charge in [0, 0.05) is 6.54 Å². The minimum Gasteiger partial charge on any atom is -0.444 e. The number of aromatic nitrogens is 2. The molecule has 0 aliphatic carbocycles. The van der Waals surface area contributed by atoms with Gasteiger partial charge in [-0.3, -0.25) is 4.79 Å². The Morgan fingerprint density at radius 2 is 1.96 bits per heavy atom. The van der Waals surface area contributed by atoms with Crippen molar-refractivity contribution < 1.29 is 14.3 Å². The van der Waals surface area contributed by atoms with Gasteiger partial charge in [-0.1, -0.05) is 12.1 Å². The Morgan fingerprint density at radius 1 is 1.25 bits per heavy atom. The topological polar surface area (TPSA) is 111 Å². The second-order valence-electron chi connectivity index (χ2n) is 7.81. The zero-order valence-corrected chi connectivity index (χ0v) is 16.4. The van der Waals surface area contributed by atoms with Crippen LogP contribution in [0.3, 0.4) is 0 Å². The maximum absolute atomic E-state index is 12.6. The predicted octanol–water partition coefficient (Wildman–Crippen LogP) is 3.61. The summed E-state index contributed by atoms with van der Waals surface area (Å²) in [5.74, 6) is 0.567. The summed E-state index contributed by atoms with van der Waals surface area (Å²) in [4.78, 5) is 32.3. The highest BCUT2D eigenvalue weighted by Gasteiger charge is 2.31. The van der Waals surface area contributed by atoms with Crippen LogP contribution in [0.4, 0.5) is 10.5 Å². The number of anilines is 1. The monoisotopic (exact) mass is 386 g/mol. The second-order valence-corrected chi connectivity index (χ2v) is 7.81. The largest absolute Gasteiger partial charge is 0.444 e. The molecule has 150 valence electrons. The number of ether oxygens (including phenoxy) is 2. The van der Waals surface area contributed by atoms with E-state index in [9.17, 15) is 9.59 Å². The third kappa shape index (κ3) is 4.62. The first-order valence-electron chi connectivity index (χ1n) is 9.35. The molecule has 1 saturated heterocycles. The SMILES string of the molecule is CC(C)(C)OC(=O)N1CCCCC1c1ccc(Oc2nc[nH]c(=O)c2N)cc1. The molecular weight excluding hydrogens is 360 g/mol. The fourth-order valence-electron chi connectivity index (χ4n) is 3.16. The fourth-order valence-corrected chi connectivity index (χ4v) is 3.16. The summed E-state index contributed by atoms with van der Waals surface area (Å²) >= 11 is 0. The first-order valence-corrected chi connectivity index (χ1v) is 9.35. The van der Waals surface area contributed by atoms with Gasteiger partial charge >= 0.3 is 6.09 Å². The summed E-state index contributed by atoms with van der Waals surface area (Å²) in [5, 5.41) is 0. The van der Waals surface area contributed by atoms with E-state index in [4.69, 9.17) is 15.2 Å².